The number of carbonyl (C=O) groups is 1. The van der Waals surface area contributed by atoms with E-state index in [-0.39, 0.29) is 24.0 Å². The van der Waals surface area contributed by atoms with Gasteiger partial charge in [0, 0.05) is 31.3 Å². The fraction of sp³-hybridized carbons (Fsp3) is 0.500. The van der Waals surface area contributed by atoms with Gasteiger partial charge in [-0.05, 0) is 55.0 Å². The van der Waals surface area contributed by atoms with Crippen LogP contribution in [0.1, 0.15) is 42.1 Å². The lowest BCUT2D eigenvalue weighted by Gasteiger charge is -2.38. The van der Waals surface area contributed by atoms with E-state index >= 15 is 0 Å². The highest BCUT2D eigenvalue weighted by Gasteiger charge is 2.36. The van der Waals surface area contributed by atoms with Crippen LogP contribution in [-0.4, -0.2) is 33.5 Å². The van der Waals surface area contributed by atoms with Gasteiger partial charge >= 0.3 is 0 Å². The van der Waals surface area contributed by atoms with E-state index in [0.717, 1.165) is 42.9 Å². The van der Waals surface area contributed by atoms with Crippen LogP contribution in [0.2, 0.25) is 0 Å². The number of aromatic nitrogens is 2. The third-order valence-corrected chi connectivity index (χ3v) is 5.49. The van der Waals surface area contributed by atoms with Crippen molar-refractivity contribution in [1.82, 2.24) is 15.1 Å². The van der Waals surface area contributed by atoms with Gasteiger partial charge in [-0.25, -0.2) is 0 Å². The first-order chi connectivity index (χ1) is 12.6. The number of hydrogen-bond donors (Lipinski definition) is 2. The van der Waals surface area contributed by atoms with Crippen molar-refractivity contribution < 1.29 is 14.6 Å². The van der Waals surface area contributed by atoms with Crippen molar-refractivity contribution in [2.75, 3.05) is 6.61 Å². The maximum Gasteiger partial charge on any atom is 0.222 e. The maximum atomic E-state index is 12.6. The number of fused-ring (bicyclic) bond motifs is 1. The van der Waals surface area contributed by atoms with Gasteiger partial charge in [0.1, 0.15) is 5.75 Å². The molecule has 138 valence electrons. The number of aliphatic hydroxyl groups excluding tert-OH is 1. The molecule has 1 aliphatic heterocycles. The van der Waals surface area contributed by atoms with Crippen LogP contribution in [0.4, 0.5) is 0 Å². The normalized spacial score (nSPS) is 22.2. The molecule has 6 heteroatoms. The van der Waals surface area contributed by atoms with Crippen molar-refractivity contribution in [3.8, 4) is 5.75 Å². The Morgan fingerprint density at radius 2 is 2.27 bits per heavy atom. The van der Waals surface area contributed by atoms with Crippen LogP contribution in [0.15, 0.2) is 30.5 Å². The summed E-state index contributed by atoms with van der Waals surface area (Å²) in [5.41, 5.74) is 3.36. The molecule has 2 aliphatic rings. The quantitative estimate of drug-likeness (QED) is 0.832. The first kappa shape index (κ1) is 17.1. The van der Waals surface area contributed by atoms with Crippen LogP contribution in [0.25, 0.3) is 0 Å². The first-order valence-corrected chi connectivity index (χ1v) is 9.31. The summed E-state index contributed by atoms with van der Waals surface area (Å²) in [5, 5.41) is 17.1. The number of hydrogen-bond acceptors (Lipinski definition) is 4. The summed E-state index contributed by atoms with van der Waals surface area (Å²) >= 11 is 0. The molecule has 2 aromatic rings. The van der Waals surface area contributed by atoms with Crippen molar-refractivity contribution in [1.29, 1.82) is 0 Å². The summed E-state index contributed by atoms with van der Waals surface area (Å²) < 4.78 is 7.43. The first-order valence-electron chi connectivity index (χ1n) is 9.31. The lowest BCUT2D eigenvalue weighted by Crippen LogP contribution is -2.41. The molecule has 1 aliphatic carbocycles. The lowest BCUT2D eigenvalue weighted by molar-refractivity contribution is -0.123. The van der Waals surface area contributed by atoms with Crippen LogP contribution in [0, 0.1) is 12.8 Å². The molecular formula is C20H25N3O3. The van der Waals surface area contributed by atoms with E-state index in [2.05, 4.69) is 16.5 Å². The van der Waals surface area contributed by atoms with Crippen LogP contribution >= 0.6 is 0 Å². The number of aliphatic hydroxyl groups is 1. The summed E-state index contributed by atoms with van der Waals surface area (Å²) in [4.78, 5) is 12.6. The van der Waals surface area contributed by atoms with Crippen LogP contribution in [0.5, 0.6) is 5.75 Å². The number of amides is 1. The lowest BCUT2D eigenvalue weighted by atomic mass is 9.75. The van der Waals surface area contributed by atoms with Gasteiger partial charge < -0.3 is 15.2 Å². The molecule has 6 nitrogen and oxygen atoms in total. The second kappa shape index (κ2) is 7.11. The van der Waals surface area contributed by atoms with Gasteiger partial charge in [0.15, 0.2) is 0 Å². The average molecular weight is 355 g/mol. The topological polar surface area (TPSA) is 76.4 Å². The summed E-state index contributed by atoms with van der Waals surface area (Å²) in [6.45, 7) is 3.28. The molecule has 0 bridgehead atoms. The fourth-order valence-electron chi connectivity index (χ4n) is 3.86. The molecule has 0 unspecified atom stereocenters. The van der Waals surface area contributed by atoms with Crippen LogP contribution in [-0.2, 0) is 17.8 Å². The highest BCUT2D eigenvalue weighted by Crippen LogP contribution is 2.39. The van der Waals surface area contributed by atoms with Gasteiger partial charge in [-0.2, -0.15) is 5.10 Å². The molecule has 4 rings (SSSR count). The third-order valence-electron chi connectivity index (χ3n) is 5.49. The summed E-state index contributed by atoms with van der Waals surface area (Å²) in [7, 11) is 0. The Labute approximate surface area is 153 Å². The van der Waals surface area contributed by atoms with Crippen molar-refractivity contribution in [3.05, 3.63) is 47.3 Å². The molecule has 0 radical (unpaired) electrons. The molecule has 1 aromatic carbocycles. The van der Waals surface area contributed by atoms with Gasteiger partial charge in [0.25, 0.3) is 0 Å². The monoisotopic (exact) mass is 355 g/mol. The number of aryl methyl sites for hydroxylation is 2. The number of rotatable bonds is 6. The van der Waals surface area contributed by atoms with Gasteiger partial charge in [-0.1, -0.05) is 6.07 Å². The van der Waals surface area contributed by atoms with Crippen LogP contribution < -0.4 is 10.1 Å². The van der Waals surface area contributed by atoms with Gasteiger partial charge in [0.2, 0.25) is 5.91 Å². The minimum absolute atomic E-state index is 0.0167. The van der Waals surface area contributed by atoms with E-state index in [9.17, 15) is 9.90 Å². The maximum absolute atomic E-state index is 12.6. The highest BCUT2D eigenvalue weighted by atomic mass is 16.5. The Morgan fingerprint density at radius 1 is 1.42 bits per heavy atom. The molecular weight excluding hydrogens is 330 g/mol. The Morgan fingerprint density at radius 3 is 3.00 bits per heavy atom. The predicted molar refractivity (Wildman–Crippen MR) is 96.8 cm³/mol. The second-order valence-electron chi connectivity index (χ2n) is 7.34. The molecule has 0 saturated heterocycles. The fourth-order valence-corrected chi connectivity index (χ4v) is 3.86. The number of ether oxygens (including phenoxy) is 1. The van der Waals surface area contributed by atoms with E-state index in [1.165, 1.54) is 5.56 Å². The molecule has 2 N–H and O–H groups in total. The zero-order valence-electron chi connectivity index (χ0n) is 15.0. The van der Waals surface area contributed by atoms with Crippen molar-refractivity contribution in [2.24, 2.45) is 5.92 Å². The smallest absolute Gasteiger partial charge is 0.222 e. The van der Waals surface area contributed by atoms with E-state index in [0.29, 0.717) is 13.0 Å². The molecule has 1 fully saturated rings. The standard InChI is InChI=1S/C20H25N3O3/c1-13-4-7-21-23(13)8-5-19(25)22-20(16-11-17(24)12-16)15-2-3-18-14(10-15)6-9-26-18/h2-4,7,10,16-17,20,24H,5-6,8-9,11-12H2,1H3,(H,22,25)/t16?,17?,20-/m0/s1. The predicted octanol–water partition coefficient (Wildman–Crippen LogP) is 2.14. The molecule has 1 atom stereocenters. The minimum atomic E-state index is -0.246. The zero-order valence-corrected chi connectivity index (χ0v) is 15.0. The molecule has 1 aromatic heterocycles. The van der Waals surface area contributed by atoms with E-state index < -0.39 is 0 Å². The summed E-state index contributed by atoms with van der Waals surface area (Å²) in [6.07, 6.45) is 4.27. The summed E-state index contributed by atoms with van der Waals surface area (Å²) in [5.74, 6) is 1.24. The van der Waals surface area contributed by atoms with E-state index in [4.69, 9.17) is 4.74 Å². The molecule has 0 spiro atoms. The molecule has 1 saturated carbocycles. The van der Waals surface area contributed by atoms with Crippen LogP contribution in [0.3, 0.4) is 0 Å². The Kier molecular flexibility index (Phi) is 4.68. The van der Waals surface area contributed by atoms with E-state index in [1.807, 2.05) is 29.8 Å². The number of carbonyl (C=O) groups excluding carboxylic acids is 1. The number of nitrogens with one attached hydrogen (secondary N) is 1. The zero-order chi connectivity index (χ0) is 18.1. The molecule has 26 heavy (non-hydrogen) atoms. The molecule has 2 heterocycles. The Hall–Kier alpha value is -2.34. The van der Waals surface area contributed by atoms with Gasteiger partial charge in [-0.3, -0.25) is 9.48 Å². The van der Waals surface area contributed by atoms with E-state index in [1.54, 1.807) is 6.20 Å². The minimum Gasteiger partial charge on any atom is -0.493 e. The van der Waals surface area contributed by atoms with Gasteiger partial charge in [0.05, 0.1) is 18.8 Å². The SMILES string of the molecule is Cc1ccnn1CCC(=O)N[C@@H](c1ccc2c(c1)CCO2)C1CC(O)C1. The second-order valence-corrected chi connectivity index (χ2v) is 7.34. The Balaban J connectivity index is 1.45. The van der Waals surface area contributed by atoms with Crippen molar-refractivity contribution in [3.63, 3.8) is 0 Å². The number of benzene rings is 1. The summed E-state index contributed by atoms with van der Waals surface area (Å²) in [6, 6.07) is 8.06. The third kappa shape index (κ3) is 3.46. The van der Waals surface area contributed by atoms with Crippen molar-refractivity contribution in [2.45, 2.75) is 51.3 Å². The highest BCUT2D eigenvalue weighted by molar-refractivity contribution is 5.76. The Bertz CT molecular complexity index is 795. The molecule has 1 amide bonds. The van der Waals surface area contributed by atoms with Gasteiger partial charge in [-0.15, -0.1) is 0 Å². The average Bonchev–Trinajstić information content (AvgIpc) is 3.23. The number of nitrogens with zero attached hydrogens (tertiary/aromatic N) is 2. The largest absolute Gasteiger partial charge is 0.493 e. The van der Waals surface area contributed by atoms with Crippen molar-refractivity contribution >= 4 is 5.91 Å².